The van der Waals surface area contributed by atoms with E-state index in [9.17, 15) is 9.18 Å². The summed E-state index contributed by atoms with van der Waals surface area (Å²) in [6.07, 6.45) is 6.41. The van der Waals surface area contributed by atoms with Crippen molar-refractivity contribution in [3.63, 3.8) is 0 Å². The molecule has 0 radical (unpaired) electrons. The number of hydrogen-bond donors (Lipinski definition) is 1. The standard InChI is InChI=1S/C18H23FN4O/c1-22(12-14-6-8-15(19)9-7-14)13-18(24)21-17-10-11-20-23(17)16-4-2-3-5-16/h6-11,16H,2-5,12-13H2,1H3,(H,21,24). The minimum atomic E-state index is -0.251. The van der Waals surface area contributed by atoms with E-state index in [1.54, 1.807) is 18.3 Å². The lowest BCUT2D eigenvalue weighted by Gasteiger charge is -2.18. The van der Waals surface area contributed by atoms with E-state index in [4.69, 9.17) is 0 Å². The van der Waals surface area contributed by atoms with Crippen LogP contribution in [0.3, 0.4) is 0 Å². The summed E-state index contributed by atoms with van der Waals surface area (Å²) in [4.78, 5) is 14.2. The SMILES string of the molecule is CN(CC(=O)Nc1ccnn1C1CCCC1)Cc1ccc(F)cc1. The maximum absolute atomic E-state index is 12.9. The van der Waals surface area contributed by atoms with Gasteiger partial charge in [0.05, 0.1) is 18.8 Å². The van der Waals surface area contributed by atoms with E-state index in [1.807, 2.05) is 22.7 Å². The average Bonchev–Trinajstić information content (AvgIpc) is 3.20. The van der Waals surface area contributed by atoms with Gasteiger partial charge in [0, 0.05) is 12.6 Å². The van der Waals surface area contributed by atoms with Gasteiger partial charge in [-0.25, -0.2) is 9.07 Å². The number of carbonyl (C=O) groups excluding carboxylic acids is 1. The van der Waals surface area contributed by atoms with Crippen LogP contribution in [-0.4, -0.2) is 34.2 Å². The summed E-state index contributed by atoms with van der Waals surface area (Å²) in [5.41, 5.74) is 0.975. The Labute approximate surface area is 141 Å². The first kappa shape index (κ1) is 16.6. The number of nitrogens with zero attached hydrogens (tertiary/aromatic N) is 3. The summed E-state index contributed by atoms with van der Waals surface area (Å²) in [5, 5.41) is 7.31. The number of hydrogen-bond acceptors (Lipinski definition) is 3. The smallest absolute Gasteiger partial charge is 0.239 e. The fraction of sp³-hybridized carbons (Fsp3) is 0.444. The maximum Gasteiger partial charge on any atom is 0.239 e. The predicted molar refractivity (Wildman–Crippen MR) is 91.1 cm³/mol. The summed E-state index contributed by atoms with van der Waals surface area (Å²) in [7, 11) is 1.87. The van der Waals surface area contributed by atoms with Crippen molar-refractivity contribution in [1.29, 1.82) is 0 Å². The van der Waals surface area contributed by atoms with Crippen molar-refractivity contribution >= 4 is 11.7 Å². The van der Waals surface area contributed by atoms with Gasteiger partial charge >= 0.3 is 0 Å². The van der Waals surface area contributed by atoms with Gasteiger partial charge < -0.3 is 5.32 Å². The van der Waals surface area contributed by atoms with Gasteiger partial charge in [-0.15, -0.1) is 0 Å². The van der Waals surface area contributed by atoms with E-state index >= 15 is 0 Å². The maximum atomic E-state index is 12.9. The topological polar surface area (TPSA) is 50.2 Å². The van der Waals surface area contributed by atoms with Crippen molar-refractivity contribution in [2.75, 3.05) is 18.9 Å². The van der Waals surface area contributed by atoms with Gasteiger partial charge in [0.1, 0.15) is 11.6 Å². The Kier molecular flexibility index (Phi) is 5.25. The summed E-state index contributed by atoms with van der Waals surface area (Å²) in [5.74, 6) is 0.445. The van der Waals surface area contributed by atoms with Crippen molar-refractivity contribution in [3.8, 4) is 0 Å². The van der Waals surface area contributed by atoms with Crippen LogP contribution in [0.2, 0.25) is 0 Å². The Morgan fingerprint density at radius 2 is 2.00 bits per heavy atom. The molecular formula is C18H23FN4O. The summed E-state index contributed by atoms with van der Waals surface area (Å²) in [6.45, 7) is 0.864. The second kappa shape index (κ2) is 7.57. The number of anilines is 1. The molecule has 1 heterocycles. The monoisotopic (exact) mass is 330 g/mol. The fourth-order valence-electron chi connectivity index (χ4n) is 3.24. The molecule has 3 rings (SSSR count). The highest BCUT2D eigenvalue weighted by Crippen LogP contribution is 2.31. The molecule has 0 spiro atoms. The van der Waals surface area contributed by atoms with Gasteiger partial charge in [0.2, 0.25) is 5.91 Å². The Hall–Kier alpha value is -2.21. The molecule has 1 fully saturated rings. The quantitative estimate of drug-likeness (QED) is 0.885. The number of likely N-dealkylation sites (N-methyl/N-ethyl adjacent to an activating group) is 1. The molecule has 0 unspecified atom stereocenters. The molecule has 0 aliphatic heterocycles. The van der Waals surface area contributed by atoms with Crippen LogP contribution in [0.25, 0.3) is 0 Å². The molecule has 2 aromatic rings. The normalized spacial score (nSPS) is 15.1. The molecule has 1 aromatic carbocycles. The van der Waals surface area contributed by atoms with E-state index in [0.29, 0.717) is 12.6 Å². The van der Waals surface area contributed by atoms with Crippen LogP contribution >= 0.6 is 0 Å². The number of rotatable bonds is 6. The molecule has 24 heavy (non-hydrogen) atoms. The van der Waals surface area contributed by atoms with Crippen molar-refractivity contribution < 1.29 is 9.18 Å². The van der Waals surface area contributed by atoms with Crippen LogP contribution in [-0.2, 0) is 11.3 Å². The molecule has 128 valence electrons. The largest absolute Gasteiger partial charge is 0.310 e. The zero-order valence-corrected chi connectivity index (χ0v) is 13.9. The lowest BCUT2D eigenvalue weighted by atomic mass is 10.2. The molecule has 1 N–H and O–H groups in total. The van der Waals surface area contributed by atoms with Gasteiger partial charge in [-0.1, -0.05) is 25.0 Å². The third-order valence-electron chi connectivity index (χ3n) is 4.39. The Balaban J connectivity index is 1.53. The highest BCUT2D eigenvalue weighted by Gasteiger charge is 2.20. The minimum Gasteiger partial charge on any atom is -0.310 e. The lowest BCUT2D eigenvalue weighted by molar-refractivity contribution is -0.117. The summed E-state index contributed by atoms with van der Waals surface area (Å²) < 4.78 is 14.9. The van der Waals surface area contributed by atoms with Gasteiger partial charge in [-0.2, -0.15) is 5.10 Å². The first-order chi connectivity index (χ1) is 11.6. The highest BCUT2D eigenvalue weighted by atomic mass is 19.1. The third-order valence-corrected chi connectivity index (χ3v) is 4.39. The van der Waals surface area contributed by atoms with E-state index in [-0.39, 0.29) is 18.3 Å². The number of halogens is 1. The lowest BCUT2D eigenvalue weighted by Crippen LogP contribution is -2.30. The molecule has 6 heteroatoms. The van der Waals surface area contributed by atoms with Crippen molar-refractivity contribution in [2.24, 2.45) is 0 Å². The van der Waals surface area contributed by atoms with Crippen LogP contribution in [0.4, 0.5) is 10.2 Å². The van der Waals surface area contributed by atoms with Gasteiger partial charge in [-0.05, 0) is 37.6 Å². The number of aromatic nitrogens is 2. The molecule has 1 saturated carbocycles. The van der Waals surface area contributed by atoms with E-state index in [2.05, 4.69) is 10.4 Å². The van der Waals surface area contributed by atoms with Crippen LogP contribution in [0.15, 0.2) is 36.5 Å². The van der Waals surface area contributed by atoms with Gasteiger partial charge in [-0.3, -0.25) is 9.69 Å². The van der Waals surface area contributed by atoms with E-state index in [1.165, 1.54) is 25.0 Å². The average molecular weight is 330 g/mol. The van der Waals surface area contributed by atoms with Gasteiger partial charge in [0.15, 0.2) is 0 Å². The summed E-state index contributed by atoms with van der Waals surface area (Å²) >= 11 is 0. The second-order valence-electron chi connectivity index (χ2n) is 6.45. The van der Waals surface area contributed by atoms with Crippen molar-refractivity contribution in [1.82, 2.24) is 14.7 Å². The zero-order valence-electron chi connectivity index (χ0n) is 13.9. The molecule has 0 saturated heterocycles. The molecule has 0 atom stereocenters. The third kappa shape index (κ3) is 4.20. The molecule has 1 aliphatic carbocycles. The number of carbonyl (C=O) groups is 1. The molecule has 1 aromatic heterocycles. The van der Waals surface area contributed by atoms with Gasteiger partial charge in [0.25, 0.3) is 0 Å². The minimum absolute atomic E-state index is 0.0700. The Morgan fingerprint density at radius 1 is 1.29 bits per heavy atom. The van der Waals surface area contributed by atoms with Crippen LogP contribution < -0.4 is 5.32 Å². The molecule has 0 bridgehead atoms. The second-order valence-corrected chi connectivity index (χ2v) is 6.45. The van der Waals surface area contributed by atoms with Crippen molar-refractivity contribution in [3.05, 3.63) is 47.9 Å². The fourth-order valence-corrected chi connectivity index (χ4v) is 3.24. The first-order valence-electron chi connectivity index (χ1n) is 8.38. The zero-order chi connectivity index (χ0) is 16.9. The highest BCUT2D eigenvalue weighted by molar-refractivity contribution is 5.91. The Morgan fingerprint density at radius 3 is 2.71 bits per heavy atom. The van der Waals surface area contributed by atoms with Crippen molar-refractivity contribution in [2.45, 2.75) is 38.3 Å². The van der Waals surface area contributed by atoms with Crippen LogP contribution in [0.1, 0.15) is 37.3 Å². The molecule has 1 aliphatic rings. The Bertz CT molecular complexity index is 677. The number of nitrogens with one attached hydrogen (secondary N) is 1. The number of benzene rings is 1. The molecule has 5 nitrogen and oxygen atoms in total. The summed E-state index contributed by atoms with van der Waals surface area (Å²) in [6, 6.07) is 8.58. The molecule has 1 amide bonds. The molecular weight excluding hydrogens is 307 g/mol. The predicted octanol–water partition coefficient (Wildman–Crippen LogP) is 3.21. The first-order valence-corrected chi connectivity index (χ1v) is 8.38. The van der Waals surface area contributed by atoms with Crippen LogP contribution in [0, 0.1) is 5.82 Å². The van der Waals surface area contributed by atoms with Crippen LogP contribution in [0.5, 0.6) is 0 Å². The number of amides is 1. The van der Waals surface area contributed by atoms with E-state index in [0.717, 1.165) is 24.2 Å². The van der Waals surface area contributed by atoms with E-state index < -0.39 is 0 Å².